The first kappa shape index (κ1) is 23.0. The number of aldehydes is 1. The van der Waals surface area contributed by atoms with E-state index in [1.165, 1.54) is 6.20 Å². The summed E-state index contributed by atoms with van der Waals surface area (Å²) in [5.74, 6) is 1.70. The zero-order valence-corrected chi connectivity index (χ0v) is 19.2. The van der Waals surface area contributed by atoms with Crippen LogP contribution in [0.4, 0.5) is 22.1 Å². The Hall–Kier alpha value is -3.20. The minimum absolute atomic E-state index is 0.0467. The van der Waals surface area contributed by atoms with Crippen molar-refractivity contribution in [2.45, 2.75) is 31.3 Å². The molecular formula is C22H25N7O3S. The Morgan fingerprint density at radius 1 is 1.45 bits per heavy atom. The molecule has 3 N–H and O–H groups in total. The second kappa shape index (κ2) is 9.74. The molecule has 2 aliphatic heterocycles. The van der Waals surface area contributed by atoms with Gasteiger partial charge in [-0.15, -0.1) is 0 Å². The van der Waals surface area contributed by atoms with E-state index in [4.69, 9.17) is 4.74 Å². The number of urea groups is 1. The standard InChI is InChI=1S/C22H25N7O3S/c1-3-33-28-22-9-16(10-22)29(20-17(22)5-4-15(13-30)26-20)21(31)27-19-8-18(24-6-7-32-2)14(11-23)12-25-19/h4-5,8,12-13,16,28H,3,6-7,9-10H2,1-2H3,(H2,24,25,27,31). The predicted octanol–water partition coefficient (Wildman–Crippen LogP) is 2.89. The van der Waals surface area contributed by atoms with Gasteiger partial charge in [-0.25, -0.2) is 14.8 Å². The van der Waals surface area contributed by atoms with Crippen LogP contribution in [0.25, 0.3) is 0 Å². The van der Waals surface area contributed by atoms with Crippen LogP contribution >= 0.6 is 11.9 Å². The number of carbonyl (C=O) groups is 2. The number of pyridine rings is 2. The highest BCUT2D eigenvalue weighted by Gasteiger charge is 2.56. The number of hydrogen-bond donors (Lipinski definition) is 3. The van der Waals surface area contributed by atoms with E-state index >= 15 is 0 Å². The van der Waals surface area contributed by atoms with E-state index in [2.05, 4.69) is 38.3 Å². The van der Waals surface area contributed by atoms with Crippen molar-refractivity contribution < 1.29 is 14.3 Å². The van der Waals surface area contributed by atoms with Crippen molar-refractivity contribution in [3.8, 4) is 6.07 Å². The zero-order valence-electron chi connectivity index (χ0n) is 18.4. The molecule has 33 heavy (non-hydrogen) atoms. The summed E-state index contributed by atoms with van der Waals surface area (Å²) in [4.78, 5) is 35.0. The summed E-state index contributed by atoms with van der Waals surface area (Å²) < 4.78 is 8.57. The van der Waals surface area contributed by atoms with Gasteiger partial charge in [0.25, 0.3) is 0 Å². The van der Waals surface area contributed by atoms with Crippen molar-refractivity contribution in [1.82, 2.24) is 14.7 Å². The van der Waals surface area contributed by atoms with Crippen molar-refractivity contribution in [2.24, 2.45) is 0 Å². The van der Waals surface area contributed by atoms with Crippen LogP contribution in [-0.2, 0) is 10.3 Å². The average Bonchev–Trinajstić information content (AvgIpc) is 2.81. The largest absolute Gasteiger partial charge is 0.383 e. The molecule has 1 aliphatic carbocycles. The van der Waals surface area contributed by atoms with Gasteiger partial charge in [-0.3, -0.25) is 19.7 Å². The molecule has 0 atom stereocenters. The minimum atomic E-state index is -0.381. The quantitative estimate of drug-likeness (QED) is 0.289. The number of nitriles is 1. The van der Waals surface area contributed by atoms with E-state index in [9.17, 15) is 14.9 Å². The molecule has 0 saturated heterocycles. The fraction of sp³-hybridized carbons (Fsp3) is 0.409. The molecule has 0 unspecified atom stereocenters. The lowest BCUT2D eigenvalue weighted by Crippen LogP contribution is -2.65. The number of aromatic nitrogens is 2. The van der Waals surface area contributed by atoms with E-state index in [0.717, 1.165) is 24.2 Å². The van der Waals surface area contributed by atoms with Crippen LogP contribution in [0.2, 0.25) is 0 Å². The third kappa shape index (κ3) is 4.37. The van der Waals surface area contributed by atoms with Gasteiger partial charge in [0.15, 0.2) is 6.29 Å². The van der Waals surface area contributed by atoms with Gasteiger partial charge < -0.3 is 10.1 Å². The number of hydrogen-bond acceptors (Lipinski definition) is 9. The summed E-state index contributed by atoms with van der Waals surface area (Å²) in [5, 5.41) is 15.3. The lowest BCUT2D eigenvalue weighted by molar-refractivity contribution is 0.111. The van der Waals surface area contributed by atoms with Crippen LogP contribution in [0.1, 0.15) is 41.4 Å². The number of ether oxygens (including phenoxy) is 1. The highest BCUT2D eigenvalue weighted by atomic mass is 32.2. The Balaban J connectivity index is 1.60. The lowest BCUT2D eigenvalue weighted by Gasteiger charge is -2.57. The molecule has 2 bridgehead atoms. The molecule has 11 heteroatoms. The smallest absolute Gasteiger partial charge is 0.328 e. The van der Waals surface area contributed by atoms with Crippen LogP contribution in [-0.4, -0.2) is 54.3 Å². The van der Waals surface area contributed by atoms with Gasteiger partial charge in [0, 0.05) is 43.3 Å². The molecule has 4 heterocycles. The number of methoxy groups -OCH3 is 1. The monoisotopic (exact) mass is 467 g/mol. The predicted molar refractivity (Wildman–Crippen MR) is 126 cm³/mol. The fourth-order valence-electron chi connectivity index (χ4n) is 4.23. The first-order valence-corrected chi connectivity index (χ1v) is 11.6. The van der Waals surface area contributed by atoms with E-state index in [-0.39, 0.29) is 23.3 Å². The first-order chi connectivity index (χ1) is 16.0. The Morgan fingerprint density at radius 2 is 2.27 bits per heavy atom. The Kier molecular flexibility index (Phi) is 6.78. The molecule has 1 saturated carbocycles. The van der Waals surface area contributed by atoms with Crippen molar-refractivity contribution >= 4 is 41.6 Å². The molecule has 0 radical (unpaired) electrons. The molecule has 5 rings (SSSR count). The van der Waals surface area contributed by atoms with Crippen LogP contribution in [0.5, 0.6) is 0 Å². The van der Waals surface area contributed by atoms with Crippen molar-refractivity contribution in [2.75, 3.05) is 41.5 Å². The molecule has 0 spiro atoms. The molecular weight excluding hydrogens is 442 g/mol. The summed E-state index contributed by atoms with van der Waals surface area (Å²) in [5.41, 5.74) is 1.85. The normalized spacial score (nSPS) is 20.3. The van der Waals surface area contributed by atoms with Crippen molar-refractivity contribution in [3.63, 3.8) is 0 Å². The Labute approximate surface area is 196 Å². The van der Waals surface area contributed by atoms with Gasteiger partial charge in [-0.1, -0.05) is 24.9 Å². The van der Waals surface area contributed by atoms with E-state index in [0.29, 0.717) is 42.3 Å². The van der Waals surface area contributed by atoms with Gasteiger partial charge in [0.2, 0.25) is 0 Å². The second-order valence-corrected chi connectivity index (χ2v) is 8.92. The van der Waals surface area contributed by atoms with Gasteiger partial charge in [0.05, 0.1) is 23.4 Å². The van der Waals surface area contributed by atoms with Crippen LogP contribution in [0.3, 0.4) is 0 Å². The zero-order chi connectivity index (χ0) is 23.4. The Bertz CT molecular complexity index is 1100. The molecule has 2 amide bonds. The summed E-state index contributed by atoms with van der Waals surface area (Å²) in [6.45, 7) is 3.05. The Morgan fingerprint density at radius 3 is 2.97 bits per heavy atom. The highest BCUT2D eigenvalue weighted by Crippen LogP contribution is 2.53. The lowest BCUT2D eigenvalue weighted by atomic mass is 9.65. The molecule has 2 aromatic heterocycles. The summed E-state index contributed by atoms with van der Waals surface area (Å²) >= 11 is 1.63. The molecule has 3 aliphatic rings. The van der Waals surface area contributed by atoms with E-state index in [1.54, 1.807) is 36.1 Å². The maximum Gasteiger partial charge on any atom is 0.328 e. The number of nitrogens with one attached hydrogen (secondary N) is 3. The number of anilines is 3. The summed E-state index contributed by atoms with van der Waals surface area (Å²) in [6.07, 6.45) is 3.61. The second-order valence-electron chi connectivity index (χ2n) is 7.85. The number of nitrogens with zero attached hydrogens (tertiary/aromatic N) is 4. The molecule has 1 fully saturated rings. The highest BCUT2D eigenvalue weighted by molar-refractivity contribution is 7.97. The van der Waals surface area contributed by atoms with Gasteiger partial charge in [0.1, 0.15) is 23.4 Å². The summed E-state index contributed by atoms with van der Waals surface area (Å²) in [6, 6.07) is 6.84. The van der Waals surface area contributed by atoms with Gasteiger partial charge >= 0.3 is 6.03 Å². The van der Waals surface area contributed by atoms with Crippen molar-refractivity contribution in [3.05, 3.63) is 41.2 Å². The summed E-state index contributed by atoms with van der Waals surface area (Å²) in [7, 11) is 1.59. The third-order valence-corrected chi connectivity index (χ3v) is 6.63. The van der Waals surface area contributed by atoms with E-state index < -0.39 is 0 Å². The fourth-order valence-corrected chi connectivity index (χ4v) is 4.93. The maximum absolute atomic E-state index is 13.3. The average molecular weight is 468 g/mol. The molecule has 172 valence electrons. The molecule has 10 nitrogen and oxygen atoms in total. The van der Waals surface area contributed by atoms with Crippen molar-refractivity contribution in [1.29, 1.82) is 5.26 Å². The van der Waals surface area contributed by atoms with Crippen LogP contribution < -0.4 is 20.3 Å². The number of rotatable bonds is 9. The van der Waals surface area contributed by atoms with Gasteiger partial charge in [-0.05, 0) is 18.9 Å². The van der Waals surface area contributed by atoms with Crippen LogP contribution in [0, 0.1) is 11.3 Å². The van der Waals surface area contributed by atoms with E-state index in [1.807, 2.05) is 6.07 Å². The minimum Gasteiger partial charge on any atom is -0.383 e. The first-order valence-electron chi connectivity index (χ1n) is 10.6. The number of carbonyl (C=O) groups excluding carboxylic acids is 2. The number of amides is 2. The third-order valence-electron chi connectivity index (χ3n) is 5.81. The topological polar surface area (TPSA) is 132 Å². The maximum atomic E-state index is 13.3. The van der Waals surface area contributed by atoms with Crippen LogP contribution in [0.15, 0.2) is 24.4 Å². The van der Waals surface area contributed by atoms with Gasteiger partial charge in [-0.2, -0.15) is 5.26 Å². The molecule has 2 aromatic rings. The molecule has 0 aromatic carbocycles. The SMILES string of the molecule is CCSNC12CC(C1)N(C(=O)Nc1cc(NCCOC)c(C#N)cn1)c1nc(C=O)ccc12.